The molecular formula is C24H43BrO5. The quantitative estimate of drug-likeness (QED) is 0.234. The van der Waals surface area contributed by atoms with Gasteiger partial charge in [0.05, 0.1) is 17.9 Å². The summed E-state index contributed by atoms with van der Waals surface area (Å²) in [5, 5.41) is 10.1. The third-order valence-corrected chi connectivity index (χ3v) is 7.42. The Labute approximate surface area is 191 Å². The van der Waals surface area contributed by atoms with E-state index in [1.807, 2.05) is 48.5 Å². The fourth-order valence-electron chi connectivity index (χ4n) is 5.31. The summed E-state index contributed by atoms with van der Waals surface area (Å²) in [5.41, 5.74) is -1.43. The molecular weight excluding hydrogens is 448 g/mol. The van der Waals surface area contributed by atoms with Gasteiger partial charge in [-0.15, -0.1) is 0 Å². The number of ether oxygens (including phenoxy) is 1. The SMILES string of the molecule is CCOC(=O)C(C)(CC(C)Br)C(CC)C(C)CC(C(=O)O)C(CC)C(C)(C)C(C)=O. The van der Waals surface area contributed by atoms with Crippen molar-refractivity contribution in [3.63, 3.8) is 0 Å². The van der Waals surface area contributed by atoms with Crippen LogP contribution in [0.5, 0.6) is 0 Å². The minimum Gasteiger partial charge on any atom is -0.481 e. The Bertz CT molecular complexity index is 586. The summed E-state index contributed by atoms with van der Waals surface area (Å²) in [5.74, 6) is -2.06. The van der Waals surface area contributed by atoms with Gasteiger partial charge in [0, 0.05) is 10.2 Å². The number of Topliss-reactive ketones (excluding diaryl/α,β-unsaturated/α-hetero) is 1. The molecule has 0 rings (SSSR count). The highest BCUT2D eigenvalue weighted by atomic mass is 79.9. The Morgan fingerprint density at radius 2 is 1.50 bits per heavy atom. The van der Waals surface area contributed by atoms with Crippen LogP contribution in [0.25, 0.3) is 0 Å². The number of esters is 1. The van der Waals surface area contributed by atoms with E-state index >= 15 is 0 Å². The van der Waals surface area contributed by atoms with Crippen molar-refractivity contribution in [2.45, 2.75) is 92.8 Å². The van der Waals surface area contributed by atoms with Crippen LogP contribution in [0, 0.1) is 34.5 Å². The zero-order chi connectivity index (χ0) is 23.9. The molecule has 6 atom stereocenters. The van der Waals surface area contributed by atoms with E-state index in [1.54, 1.807) is 6.92 Å². The number of carboxylic acids is 1. The first-order valence-corrected chi connectivity index (χ1v) is 12.2. The summed E-state index contributed by atoms with van der Waals surface area (Å²) in [6, 6.07) is 0. The van der Waals surface area contributed by atoms with Crippen LogP contribution < -0.4 is 0 Å². The maximum Gasteiger partial charge on any atom is 0.312 e. The van der Waals surface area contributed by atoms with E-state index < -0.39 is 22.7 Å². The number of rotatable bonds is 14. The van der Waals surface area contributed by atoms with Gasteiger partial charge in [-0.25, -0.2) is 0 Å². The van der Waals surface area contributed by atoms with Crippen molar-refractivity contribution in [3.05, 3.63) is 0 Å². The van der Waals surface area contributed by atoms with E-state index in [0.29, 0.717) is 25.9 Å². The standard InChI is InChI=1S/C24H43BrO5/c1-10-19(24(9,14-16(5)25)22(29)30-12-3)15(4)13-18(21(27)28)20(11-2)23(7,8)17(6)26/h15-16,18-20H,10-14H2,1-9H3,(H,27,28). The zero-order valence-corrected chi connectivity index (χ0v) is 22.0. The molecule has 0 aromatic rings. The van der Waals surface area contributed by atoms with Crippen LogP contribution >= 0.6 is 15.9 Å². The van der Waals surface area contributed by atoms with E-state index in [9.17, 15) is 19.5 Å². The molecule has 0 aromatic carbocycles. The molecule has 0 aliphatic rings. The molecule has 6 heteroatoms. The number of carbonyl (C=O) groups is 3. The predicted octanol–water partition coefficient (Wildman–Crippen LogP) is 6.12. The second-order valence-electron chi connectivity index (χ2n) is 9.59. The van der Waals surface area contributed by atoms with E-state index in [1.165, 1.54) is 6.92 Å². The summed E-state index contributed by atoms with van der Waals surface area (Å²) in [4.78, 5) is 37.6. The van der Waals surface area contributed by atoms with Crippen molar-refractivity contribution in [3.8, 4) is 0 Å². The highest BCUT2D eigenvalue weighted by molar-refractivity contribution is 9.09. The van der Waals surface area contributed by atoms with Crippen molar-refractivity contribution in [1.82, 2.24) is 0 Å². The summed E-state index contributed by atoms with van der Waals surface area (Å²) in [7, 11) is 0. The fraction of sp³-hybridized carbons (Fsp3) is 0.875. The van der Waals surface area contributed by atoms with Crippen LogP contribution in [0.3, 0.4) is 0 Å². The summed E-state index contributed by atoms with van der Waals surface area (Å²) in [6.07, 6.45) is 2.40. The fourth-order valence-corrected chi connectivity index (χ4v) is 5.98. The van der Waals surface area contributed by atoms with E-state index in [2.05, 4.69) is 15.9 Å². The lowest BCUT2D eigenvalue weighted by molar-refractivity contribution is -0.160. The first-order chi connectivity index (χ1) is 13.7. The van der Waals surface area contributed by atoms with Crippen LogP contribution in [0.1, 0.15) is 88.0 Å². The molecule has 0 saturated heterocycles. The maximum absolute atomic E-state index is 13.0. The van der Waals surface area contributed by atoms with E-state index in [-0.39, 0.29) is 34.3 Å². The molecule has 0 fully saturated rings. The Morgan fingerprint density at radius 3 is 1.83 bits per heavy atom. The third-order valence-electron chi connectivity index (χ3n) is 7.09. The molecule has 0 spiro atoms. The lowest BCUT2D eigenvalue weighted by Gasteiger charge is -2.42. The topological polar surface area (TPSA) is 80.7 Å². The van der Waals surface area contributed by atoms with Crippen molar-refractivity contribution < 1.29 is 24.2 Å². The first-order valence-electron chi connectivity index (χ1n) is 11.3. The molecule has 1 N–H and O–H groups in total. The van der Waals surface area contributed by atoms with Gasteiger partial charge in [-0.3, -0.25) is 14.4 Å². The summed E-state index contributed by atoms with van der Waals surface area (Å²) < 4.78 is 5.43. The van der Waals surface area contributed by atoms with Gasteiger partial charge in [0.1, 0.15) is 5.78 Å². The zero-order valence-electron chi connectivity index (χ0n) is 20.4. The monoisotopic (exact) mass is 490 g/mol. The number of carbonyl (C=O) groups excluding carboxylic acids is 2. The molecule has 0 heterocycles. The van der Waals surface area contributed by atoms with Crippen molar-refractivity contribution >= 4 is 33.7 Å². The second kappa shape index (κ2) is 12.2. The van der Waals surface area contributed by atoms with Crippen molar-refractivity contribution in [2.75, 3.05) is 6.61 Å². The highest BCUT2D eigenvalue weighted by Gasteiger charge is 2.47. The van der Waals surface area contributed by atoms with Crippen LogP contribution in [-0.2, 0) is 19.1 Å². The van der Waals surface area contributed by atoms with Gasteiger partial charge in [-0.05, 0) is 51.4 Å². The number of halogens is 1. The molecule has 0 bridgehead atoms. The second-order valence-corrected chi connectivity index (χ2v) is 11.2. The molecule has 0 aliphatic carbocycles. The summed E-state index contributed by atoms with van der Waals surface area (Å²) >= 11 is 3.59. The lowest BCUT2D eigenvalue weighted by Crippen LogP contribution is -2.44. The Balaban J connectivity index is 6.02. The minimum atomic E-state index is -0.871. The van der Waals surface area contributed by atoms with Gasteiger partial charge in [-0.1, -0.05) is 70.3 Å². The van der Waals surface area contributed by atoms with Gasteiger partial charge in [0.25, 0.3) is 0 Å². The first kappa shape index (κ1) is 29.1. The van der Waals surface area contributed by atoms with Crippen molar-refractivity contribution in [1.29, 1.82) is 0 Å². The van der Waals surface area contributed by atoms with E-state index in [4.69, 9.17) is 4.74 Å². The van der Waals surface area contributed by atoms with Crippen LogP contribution in [0.4, 0.5) is 0 Å². The summed E-state index contributed by atoms with van der Waals surface area (Å²) in [6.45, 7) is 17.3. The third kappa shape index (κ3) is 7.06. The van der Waals surface area contributed by atoms with Gasteiger partial charge >= 0.3 is 11.9 Å². The predicted molar refractivity (Wildman–Crippen MR) is 125 cm³/mol. The lowest BCUT2D eigenvalue weighted by atomic mass is 9.62. The smallest absolute Gasteiger partial charge is 0.312 e. The van der Waals surface area contributed by atoms with Crippen LogP contribution in [0.15, 0.2) is 0 Å². The van der Waals surface area contributed by atoms with Crippen LogP contribution in [0.2, 0.25) is 0 Å². The number of hydrogen-bond donors (Lipinski definition) is 1. The molecule has 5 nitrogen and oxygen atoms in total. The van der Waals surface area contributed by atoms with Gasteiger partial charge in [0.15, 0.2) is 0 Å². The molecule has 0 radical (unpaired) electrons. The van der Waals surface area contributed by atoms with E-state index in [0.717, 1.165) is 6.42 Å². The van der Waals surface area contributed by atoms with Gasteiger partial charge in [-0.2, -0.15) is 0 Å². The molecule has 0 saturated carbocycles. The van der Waals surface area contributed by atoms with Crippen molar-refractivity contribution in [2.24, 2.45) is 34.5 Å². The number of hydrogen-bond acceptors (Lipinski definition) is 4. The maximum atomic E-state index is 13.0. The molecule has 0 aromatic heterocycles. The number of alkyl halides is 1. The molecule has 0 aliphatic heterocycles. The minimum absolute atomic E-state index is 0.00442. The Hall–Kier alpha value is -0.910. The highest BCUT2D eigenvalue weighted by Crippen LogP contribution is 2.46. The molecule has 6 unspecified atom stereocenters. The largest absolute Gasteiger partial charge is 0.481 e. The molecule has 176 valence electrons. The number of aliphatic carboxylic acids is 1. The average molecular weight is 492 g/mol. The molecule has 30 heavy (non-hydrogen) atoms. The normalized spacial score (nSPS) is 19.1. The number of carboxylic acid groups (broad SMARTS) is 1. The molecule has 0 amide bonds. The number of ketones is 1. The van der Waals surface area contributed by atoms with Gasteiger partial charge in [0.2, 0.25) is 0 Å². The van der Waals surface area contributed by atoms with Gasteiger partial charge < -0.3 is 9.84 Å². The Kier molecular flexibility index (Phi) is 11.8. The Morgan fingerprint density at radius 1 is 1.00 bits per heavy atom. The average Bonchev–Trinajstić information content (AvgIpc) is 2.60. The van der Waals surface area contributed by atoms with Crippen LogP contribution in [-0.4, -0.2) is 34.3 Å².